The second-order valence-corrected chi connectivity index (χ2v) is 1.12. The fraction of sp³-hybridized carbons (Fsp3) is 1.00. The number of hydrogen-bond acceptors (Lipinski definition) is 2. The molecule has 0 rings (SSSR count). The molecule has 0 bridgehead atoms. The van der Waals surface area contributed by atoms with Gasteiger partial charge in [0, 0.05) is 6.54 Å². The van der Waals surface area contributed by atoms with Crippen LogP contribution in [0.2, 0.25) is 0 Å². The van der Waals surface area contributed by atoms with Gasteiger partial charge in [-0.2, -0.15) is 0 Å². The molecule has 3 heteroatoms. The normalized spacial score (nSPS) is 9.43. The van der Waals surface area contributed by atoms with E-state index in [4.69, 9.17) is 0 Å². The van der Waals surface area contributed by atoms with E-state index >= 15 is 0 Å². The first-order chi connectivity index (χ1) is 3.41. The molecule has 2 nitrogen and oxygen atoms in total. The molecule has 0 aromatic heterocycles. The molecule has 1 N–H and O–H groups in total. The van der Waals surface area contributed by atoms with Crippen LogP contribution >= 0.6 is 0 Å². The summed E-state index contributed by atoms with van der Waals surface area (Å²) in [6.07, 6.45) is 0. The van der Waals surface area contributed by atoms with E-state index in [1.54, 1.807) is 7.05 Å². The number of alkyl halides is 1. The summed E-state index contributed by atoms with van der Waals surface area (Å²) >= 11 is 0. The minimum atomic E-state index is -0.679. The molecule has 7 heavy (non-hydrogen) atoms. The minimum Gasteiger partial charge on any atom is -0.349 e. The van der Waals surface area contributed by atoms with Crippen LogP contribution in [0, 0.1) is 0 Å². The zero-order valence-electron chi connectivity index (χ0n) is 4.41. The molecule has 0 atom stereocenters. The fourth-order valence-electron chi connectivity index (χ4n) is 0.229. The molecule has 0 aliphatic carbocycles. The summed E-state index contributed by atoms with van der Waals surface area (Å²) < 4.78 is 15.4. The summed E-state index contributed by atoms with van der Waals surface area (Å²) in [6.45, 7) is 0.485. The number of ether oxygens (including phenoxy) is 1. The Bertz CT molecular complexity index is 30.9. The van der Waals surface area contributed by atoms with Crippen molar-refractivity contribution in [3.63, 3.8) is 0 Å². The summed E-state index contributed by atoms with van der Waals surface area (Å²) in [5, 5.41) is 2.81. The van der Waals surface area contributed by atoms with E-state index in [2.05, 4.69) is 10.1 Å². The van der Waals surface area contributed by atoms with Crippen molar-refractivity contribution in [3.05, 3.63) is 0 Å². The van der Waals surface area contributed by atoms with Gasteiger partial charge in [-0.15, -0.1) is 0 Å². The molecule has 0 spiro atoms. The predicted molar refractivity (Wildman–Crippen MR) is 25.9 cm³/mol. The summed E-state index contributed by atoms with van der Waals surface area (Å²) in [4.78, 5) is 0. The highest BCUT2D eigenvalue weighted by atomic mass is 19.1. The van der Waals surface area contributed by atoms with Gasteiger partial charge in [0.2, 0.25) is 0 Å². The maximum atomic E-state index is 11.1. The van der Waals surface area contributed by atoms with Gasteiger partial charge in [0.05, 0.1) is 6.61 Å². The third-order valence-electron chi connectivity index (χ3n) is 0.574. The number of likely N-dealkylation sites (N-methyl/N-ethyl adjacent to an activating group) is 1. The number of hydrogen-bond donors (Lipinski definition) is 1. The average molecular weight is 107 g/mol. The van der Waals surface area contributed by atoms with Crippen molar-refractivity contribution in [3.8, 4) is 0 Å². The van der Waals surface area contributed by atoms with Gasteiger partial charge in [0.15, 0.2) is 6.86 Å². The predicted octanol–water partition coefficient (Wildman–Crippen LogP) is 0.149. The lowest BCUT2D eigenvalue weighted by atomic mass is 10.7. The van der Waals surface area contributed by atoms with E-state index in [0.717, 1.165) is 0 Å². The molecule has 0 saturated heterocycles. The standard InChI is InChI=1S/C4H10FNO/c1-6-2-3-7-4-5/h6H,2-4H2,1H3. The molecule has 0 unspecified atom stereocenters. The van der Waals surface area contributed by atoms with E-state index < -0.39 is 6.86 Å². The molecule has 0 saturated carbocycles. The Labute approximate surface area is 42.7 Å². The van der Waals surface area contributed by atoms with E-state index in [1.165, 1.54) is 0 Å². The van der Waals surface area contributed by atoms with Gasteiger partial charge in [-0.1, -0.05) is 0 Å². The van der Waals surface area contributed by atoms with E-state index in [0.29, 0.717) is 13.2 Å². The van der Waals surface area contributed by atoms with Crippen molar-refractivity contribution in [2.45, 2.75) is 0 Å². The molecule has 0 aliphatic rings. The first-order valence-electron chi connectivity index (χ1n) is 2.20. The van der Waals surface area contributed by atoms with Crippen molar-refractivity contribution in [1.82, 2.24) is 5.32 Å². The number of nitrogens with one attached hydrogen (secondary N) is 1. The lowest BCUT2D eigenvalue weighted by Gasteiger charge is -1.94. The van der Waals surface area contributed by atoms with Gasteiger partial charge >= 0.3 is 0 Å². The van der Waals surface area contributed by atoms with Gasteiger partial charge in [-0.25, -0.2) is 4.39 Å². The van der Waals surface area contributed by atoms with Crippen molar-refractivity contribution >= 4 is 0 Å². The average Bonchev–Trinajstić information content (AvgIpc) is 1.69. The molecule has 0 fully saturated rings. The highest BCUT2D eigenvalue weighted by Crippen LogP contribution is 1.70. The Morgan fingerprint density at radius 2 is 2.43 bits per heavy atom. The SMILES string of the molecule is CNCCOCF. The van der Waals surface area contributed by atoms with Crippen LogP contribution in [0.5, 0.6) is 0 Å². The summed E-state index contributed by atoms with van der Waals surface area (Å²) in [5.41, 5.74) is 0. The first kappa shape index (κ1) is 6.85. The van der Waals surface area contributed by atoms with E-state index in [-0.39, 0.29) is 0 Å². The van der Waals surface area contributed by atoms with Gasteiger partial charge in [-0.05, 0) is 7.05 Å². The summed E-state index contributed by atoms with van der Waals surface area (Å²) in [6, 6.07) is 0. The van der Waals surface area contributed by atoms with Gasteiger partial charge in [0.25, 0.3) is 0 Å². The molecule has 0 radical (unpaired) electrons. The monoisotopic (exact) mass is 107 g/mol. The Kier molecular flexibility index (Phi) is 5.72. The lowest BCUT2D eigenvalue weighted by Crippen LogP contribution is -2.13. The van der Waals surface area contributed by atoms with Gasteiger partial charge < -0.3 is 10.1 Å². The molecule has 0 aliphatic heterocycles. The van der Waals surface area contributed by atoms with Crippen LogP contribution in [0.1, 0.15) is 0 Å². The third-order valence-corrected chi connectivity index (χ3v) is 0.574. The van der Waals surface area contributed by atoms with Crippen molar-refractivity contribution in [2.24, 2.45) is 0 Å². The zero-order valence-corrected chi connectivity index (χ0v) is 4.41. The molecule has 0 aromatic carbocycles. The molecular weight excluding hydrogens is 97.0 g/mol. The number of rotatable bonds is 4. The van der Waals surface area contributed by atoms with Crippen LogP contribution in [-0.2, 0) is 4.74 Å². The Balaban J connectivity index is 2.45. The minimum absolute atomic E-state index is 0.451. The van der Waals surface area contributed by atoms with Crippen LogP contribution in [0.25, 0.3) is 0 Å². The van der Waals surface area contributed by atoms with Crippen LogP contribution in [0.4, 0.5) is 4.39 Å². The van der Waals surface area contributed by atoms with Crippen LogP contribution in [-0.4, -0.2) is 27.1 Å². The molecule has 44 valence electrons. The summed E-state index contributed by atoms with van der Waals surface area (Å²) in [5.74, 6) is 0. The lowest BCUT2D eigenvalue weighted by molar-refractivity contribution is 0.0606. The van der Waals surface area contributed by atoms with Gasteiger partial charge in [0.1, 0.15) is 0 Å². The van der Waals surface area contributed by atoms with Crippen molar-refractivity contribution in [1.29, 1.82) is 0 Å². The van der Waals surface area contributed by atoms with Crippen LogP contribution in [0.3, 0.4) is 0 Å². The van der Waals surface area contributed by atoms with Gasteiger partial charge in [-0.3, -0.25) is 0 Å². The summed E-state index contributed by atoms with van der Waals surface area (Å²) in [7, 11) is 1.79. The molecule has 0 heterocycles. The van der Waals surface area contributed by atoms with Crippen LogP contribution in [0.15, 0.2) is 0 Å². The Hall–Kier alpha value is -0.150. The quantitative estimate of drug-likeness (QED) is 0.516. The Morgan fingerprint density at radius 1 is 1.71 bits per heavy atom. The topological polar surface area (TPSA) is 21.3 Å². The highest BCUT2D eigenvalue weighted by molar-refractivity contribution is 4.31. The number of halogens is 1. The van der Waals surface area contributed by atoms with E-state index in [1.807, 2.05) is 0 Å². The second-order valence-electron chi connectivity index (χ2n) is 1.12. The Morgan fingerprint density at radius 3 is 2.86 bits per heavy atom. The van der Waals surface area contributed by atoms with Crippen molar-refractivity contribution in [2.75, 3.05) is 27.1 Å². The fourth-order valence-corrected chi connectivity index (χ4v) is 0.229. The molecule has 0 amide bonds. The molecular formula is C4H10FNO. The van der Waals surface area contributed by atoms with Crippen molar-refractivity contribution < 1.29 is 9.13 Å². The smallest absolute Gasteiger partial charge is 0.188 e. The second kappa shape index (κ2) is 5.85. The highest BCUT2D eigenvalue weighted by Gasteiger charge is 1.78. The first-order valence-corrected chi connectivity index (χ1v) is 2.20. The van der Waals surface area contributed by atoms with Crippen LogP contribution < -0.4 is 5.32 Å². The maximum Gasteiger partial charge on any atom is 0.188 e. The largest absolute Gasteiger partial charge is 0.349 e. The zero-order chi connectivity index (χ0) is 5.54. The maximum absolute atomic E-state index is 11.1. The van der Waals surface area contributed by atoms with E-state index in [9.17, 15) is 4.39 Å². The third kappa shape index (κ3) is 5.85. The molecule has 0 aromatic rings.